The number of hydrogen-bond donors (Lipinski definition) is 1. The second-order valence-corrected chi connectivity index (χ2v) is 11.7. The van der Waals surface area contributed by atoms with Gasteiger partial charge in [0.15, 0.2) is 23.2 Å². The van der Waals surface area contributed by atoms with Crippen LogP contribution in [0.5, 0.6) is 0 Å². The third-order valence-electron chi connectivity index (χ3n) is 9.17. The first-order valence-electron chi connectivity index (χ1n) is 15.9. The molecule has 1 unspecified atom stereocenters. The van der Waals surface area contributed by atoms with Crippen LogP contribution in [0, 0.1) is 0 Å². The van der Waals surface area contributed by atoms with E-state index >= 15 is 0 Å². The average molecular weight is 639 g/mol. The molecule has 0 fully saturated rings. The van der Waals surface area contributed by atoms with E-state index in [4.69, 9.17) is 28.9 Å². The smallest absolute Gasteiger partial charge is 0.197 e. The number of imidazole rings is 2. The summed E-state index contributed by atoms with van der Waals surface area (Å²) in [5.41, 5.74) is 7.40. The van der Waals surface area contributed by atoms with Crippen LogP contribution in [-0.2, 0) is 18.9 Å². The molecule has 1 aliphatic carbocycles. The van der Waals surface area contributed by atoms with E-state index in [2.05, 4.69) is 58.1 Å². The standard InChI is InChI=1S/C40H38N4O4/c1-45-39(46-2)26-25-32(40(27-39,47-3)48-4)44-36(31-23-15-8-16-24-31)35(30-21-13-7-14-22-30)43-38(44)37-41-33(28-17-9-5-10-18-28)34(42-37)29-19-11-6-12-20-29/h5-26,32H,27H2,1-4H3,(H,41,42). The Morgan fingerprint density at radius 3 is 1.62 bits per heavy atom. The number of H-pyrrole nitrogens is 1. The van der Waals surface area contributed by atoms with Crippen molar-refractivity contribution >= 4 is 0 Å². The molecule has 1 aliphatic rings. The van der Waals surface area contributed by atoms with E-state index in [1.165, 1.54) is 0 Å². The molecule has 0 aliphatic heterocycles. The molecule has 242 valence electrons. The Bertz CT molecular complexity index is 1940. The molecule has 0 saturated heterocycles. The van der Waals surface area contributed by atoms with Gasteiger partial charge in [-0.2, -0.15) is 0 Å². The van der Waals surface area contributed by atoms with Crippen molar-refractivity contribution in [2.24, 2.45) is 0 Å². The van der Waals surface area contributed by atoms with E-state index in [9.17, 15) is 0 Å². The van der Waals surface area contributed by atoms with Gasteiger partial charge in [0.25, 0.3) is 0 Å². The third kappa shape index (κ3) is 5.48. The average Bonchev–Trinajstić information content (AvgIpc) is 3.79. The van der Waals surface area contributed by atoms with Crippen LogP contribution in [0.15, 0.2) is 133 Å². The number of nitrogens with one attached hydrogen (secondary N) is 1. The van der Waals surface area contributed by atoms with Gasteiger partial charge in [0.05, 0.1) is 29.2 Å². The Balaban J connectivity index is 1.57. The molecule has 0 radical (unpaired) electrons. The summed E-state index contributed by atoms with van der Waals surface area (Å²) in [6.45, 7) is 0. The number of methoxy groups -OCH3 is 4. The fourth-order valence-corrected chi connectivity index (χ4v) is 6.64. The predicted molar refractivity (Wildman–Crippen MR) is 188 cm³/mol. The highest BCUT2D eigenvalue weighted by Gasteiger charge is 2.52. The van der Waals surface area contributed by atoms with Crippen LogP contribution in [0.25, 0.3) is 56.7 Å². The van der Waals surface area contributed by atoms with Crippen LogP contribution in [0.2, 0.25) is 0 Å². The van der Waals surface area contributed by atoms with E-state index in [1.807, 2.05) is 84.9 Å². The number of aromatic nitrogens is 4. The molecule has 0 saturated carbocycles. The van der Waals surface area contributed by atoms with Crippen molar-refractivity contribution in [1.82, 2.24) is 19.5 Å². The Kier molecular flexibility index (Phi) is 8.64. The topological polar surface area (TPSA) is 83.4 Å². The second kappa shape index (κ2) is 13.2. The third-order valence-corrected chi connectivity index (χ3v) is 9.17. The van der Waals surface area contributed by atoms with Gasteiger partial charge in [0.1, 0.15) is 6.04 Å². The van der Waals surface area contributed by atoms with Crippen molar-refractivity contribution < 1.29 is 18.9 Å². The number of hydrogen-bond acceptors (Lipinski definition) is 6. The summed E-state index contributed by atoms with van der Waals surface area (Å²) in [6, 6.07) is 40.4. The molecule has 2 aromatic heterocycles. The summed E-state index contributed by atoms with van der Waals surface area (Å²) >= 11 is 0. The molecule has 0 spiro atoms. The summed E-state index contributed by atoms with van der Waals surface area (Å²) < 4.78 is 26.6. The Hall–Kier alpha value is -5.12. The van der Waals surface area contributed by atoms with Gasteiger partial charge < -0.3 is 28.5 Å². The minimum absolute atomic E-state index is 0.260. The highest BCUT2D eigenvalue weighted by atomic mass is 16.7. The summed E-state index contributed by atoms with van der Waals surface area (Å²) in [7, 11) is 6.54. The molecule has 8 nitrogen and oxygen atoms in total. The highest BCUT2D eigenvalue weighted by Crippen LogP contribution is 2.48. The first kappa shape index (κ1) is 31.5. The quantitative estimate of drug-likeness (QED) is 0.120. The summed E-state index contributed by atoms with van der Waals surface area (Å²) in [6.07, 6.45) is 4.22. The van der Waals surface area contributed by atoms with Gasteiger partial charge in [-0.25, -0.2) is 9.97 Å². The zero-order chi connectivity index (χ0) is 33.1. The SMILES string of the molecule is COC1(OC)C=CC(n2c(-c3nc(-c4ccccc4)c(-c4ccccc4)[nH]3)nc(-c3ccccc3)c2-c2ccccc2)C(OC)(OC)C1. The maximum atomic E-state index is 6.31. The zero-order valence-corrected chi connectivity index (χ0v) is 27.5. The molecule has 8 heteroatoms. The van der Waals surface area contributed by atoms with E-state index in [0.717, 1.165) is 45.0 Å². The van der Waals surface area contributed by atoms with Crippen molar-refractivity contribution in [2.45, 2.75) is 24.0 Å². The summed E-state index contributed by atoms with van der Waals surface area (Å²) in [5, 5.41) is 0. The summed E-state index contributed by atoms with van der Waals surface area (Å²) in [4.78, 5) is 14.4. The lowest BCUT2D eigenvalue weighted by Gasteiger charge is -2.46. The van der Waals surface area contributed by atoms with Crippen molar-refractivity contribution in [3.63, 3.8) is 0 Å². The molecule has 6 aromatic rings. The largest absolute Gasteiger partial charge is 0.351 e. The Morgan fingerprint density at radius 2 is 1.10 bits per heavy atom. The lowest BCUT2D eigenvalue weighted by atomic mass is 9.89. The molecule has 0 bridgehead atoms. The van der Waals surface area contributed by atoms with Crippen molar-refractivity contribution in [3.05, 3.63) is 133 Å². The van der Waals surface area contributed by atoms with Gasteiger partial charge in [0, 0.05) is 50.7 Å². The van der Waals surface area contributed by atoms with Crippen LogP contribution in [-0.4, -0.2) is 59.5 Å². The minimum atomic E-state index is -1.20. The fourth-order valence-electron chi connectivity index (χ4n) is 6.64. The van der Waals surface area contributed by atoms with Crippen molar-refractivity contribution in [3.8, 4) is 56.7 Å². The number of nitrogens with zero attached hydrogens (tertiary/aromatic N) is 3. The molecule has 7 rings (SSSR count). The first-order valence-corrected chi connectivity index (χ1v) is 15.9. The van der Waals surface area contributed by atoms with Crippen molar-refractivity contribution in [2.75, 3.05) is 28.4 Å². The Labute approximate surface area is 280 Å². The van der Waals surface area contributed by atoms with Crippen LogP contribution < -0.4 is 0 Å². The highest BCUT2D eigenvalue weighted by molar-refractivity contribution is 5.84. The van der Waals surface area contributed by atoms with Crippen molar-refractivity contribution in [1.29, 1.82) is 0 Å². The van der Waals surface area contributed by atoms with Crippen LogP contribution in [0.3, 0.4) is 0 Å². The van der Waals surface area contributed by atoms with E-state index in [0.29, 0.717) is 11.6 Å². The molecular weight excluding hydrogens is 600 g/mol. The normalized spacial score (nSPS) is 16.6. The number of rotatable bonds is 10. The maximum absolute atomic E-state index is 6.31. The number of aromatic amines is 1. The monoisotopic (exact) mass is 638 g/mol. The lowest BCUT2D eigenvalue weighted by molar-refractivity contribution is -0.292. The van der Waals surface area contributed by atoms with Gasteiger partial charge in [0.2, 0.25) is 0 Å². The zero-order valence-electron chi connectivity index (χ0n) is 27.5. The lowest BCUT2D eigenvalue weighted by Crippen LogP contribution is -2.53. The van der Waals surface area contributed by atoms with Gasteiger partial charge in [-0.1, -0.05) is 127 Å². The fraction of sp³-hybridized carbons (Fsp3) is 0.200. The van der Waals surface area contributed by atoms with Gasteiger partial charge in [-0.05, 0) is 6.08 Å². The molecule has 0 amide bonds. The molecule has 2 heterocycles. The van der Waals surface area contributed by atoms with Crippen LogP contribution in [0.4, 0.5) is 0 Å². The number of ether oxygens (including phenoxy) is 4. The second-order valence-electron chi connectivity index (χ2n) is 11.7. The molecule has 4 aromatic carbocycles. The van der Waals surface area contributed by atoms with Gasteiger partial charge >= 0.3 is 0 Å². The van der Waals surface area contributed by atoms with E-state index in [-0.39, 0.29) is 6.42 Å². The molecule has 48 heavy (non-hydrogen) atoms. The number of benzene rings is 4. The maximum Gasteiger partial charge on any atom is 0.197 e. The predicted octanol–water partition coefficient (Wildman–Crippen LogP) is 8.42. The molecule has 1 atom stereocenters. The van der Waals surface area contributed by atoms with Gasteiger partial charge in [-0.15, -0.1) is 0 Å². The van der Waals surface area contributed by atoms with Crippen LogP contribution in [0.1, 0.15) is 12.5 Å². The molecular formula is C40H38N4O4. The Morgan fingerprint density at radius 1 is 0.604 bits per heavy atom. The first-order chi connectivity index (χ1) is 23.5. The van der Waals surface area contributed by atoms with E-state index in [1.54, 1.807) is 28.4 Å². The minimum Gasteiger partial charge on any atom is -0.351 e. The van der Waals surface area contributed by atoms with E-state index < -0.39 is 17.6 Å². The van der Waals surface area contributed by atoms with Gasteiger partial charge in [-0.3, -0.25) is 0 Å². The summed E-state index contributed by atoms with van der Waals surface area (Å²) in [5.74, 6) is -1.02. The van der Waals surface area contributed by atoms with Crippen LogP contribution >= 0.6 is 0 Å². The molecule has 1 N–H and O–H groups in total.